The van der Waals surface area contributed by atoms with Gasteiger partial charge in [-0.05, 0) is 36.2 Å². The maximum atomic E-state index is 5.96. The van der Waals surface area contributed by atoms with Gasteiger partial charge in [0.25, 0.3) is 0 Å². The van der Waals surface area contributed by atoms with E-state index in [0.717, 1.165) is 35.5 Å². The molecule has 0 aliphatic carbocycles. The molecule has 2 rings (SSSR count). The van der Waals surface area contributed by atoms with Gasteiger partial charge in [0.1, 0.15) is 0 Å². The molecule has 1 aromatic carbocycles. The van der Waals surface area contributed by atoms with E-state index in [2.05, 4.69) is 15.3 Å². The summed E-state index contributed by atoms with van der Waals surface area (Å²) in [7, 11) is 0. The van der Waals surface area contributed by atoms with Crippen LogP contribution in [-0.4, -0.2) is 23.1 Å². The molecule has 0 radical (unpaired) electrons. The number of nitrogens with two attached hydrogens (primary N) is 1. The zero-order valence-electron chi connectivity index (χ0n) is 10.6. The van der Waals surface area contributed by atoms with E-state index in [1.165, 1.54) is 0 Å². The molecule has 0 spiro atoms. The van der Waals surface area contributed by atoms with Crippen LogP contribution >= 0.6 is 11.6 Å². The lowest BCUT2D eigenvalue weighted by molar-refractivity contribution is 0.862. The SMILES string of the molecule is NCCCNc1ncc(Cc2cccc(Cl)c2)cn1. The van der Waals surface area contributed by atoms with E-state index in [9.17, 15) is 0 Å². The van der Waals surface area contributed by atoms with E-state index in [1.807, 2.05) is 36.7 Å². The Kier molecular flexibility index (Phi) is 5.12. The highest BCUT2D eigenvalue weighted by Gasteiger charge is 2.00. The maximum absolute atomic E-state index is 5.96. The molecule has 0 amide bonds. The molecule has 4 nitrogen and oxygen atoms in total. The summed E-state index contributed by atoms with van der Waals surface area (Å²) in [6.45, 7) is 1.46. The lowest BCUT2D eigenvalue weighted by atomic mass is 10.1. The summed E-state index contributed by atoms with van der Waals surface area (Å²) in [4.78, 5) is 8.55. The maximum Gasteiger partial charge on any atom is 0.222 e. The summed E-state index contributed by atoms with van der Waals surface area (Å²) in [5.41, 5.74) is 7.64. The van der Waals surface area contributed by atoms with Crippen LogP contribution in [0.15, 0.2) is 36.7 Å². The zero-order valence-corrected chi connectivity index (χ0v) is 11.4. The first-order chi connectivity index (χ1) is 9.28. The van der Waals surface area contributed by atoms with Crippen molar-refractivity contribution in [2.45, 2.75) is 12.8 Å². The van der Waals surface area contributed by atoms with Gasteiger partial charge in [-0.25, -0.2) is 9.97 Å². The standard InChI is InChI=1S/C14H17ClN4/c15-13-4-1-3-11(8-13)7-12-9-18-14(19-10-12)17-6-2-5-16/h1,3-4,8-10H,2,5-7,16H2,(H,17,18,19). The van der Waals surface area contributed by atoms with E-state index >= 15 is 0 Å². The molecule has 0 unspecified atom stereocenters. The smallest absolute Gasteiger partial charge is 0.222 e. The lowest BCUT2D eigenvalue weighted by Crippen LogP contribution is -2.10. The van der Waals surface area contributed by atoms with Crippen LogP contribution in [0.3, 0.4) is 0 Å². The van der Waals surface area contributed by atoms with Crippen LogP contribution in [-0.2, 0) is 6.42 Å². The highest BCUT2D eigenvalue weighted by Crippen LogP contribution is 2.14. The Bertz CT molecular complexity index is 513. The Balaban J connectivity index is 1.95. The first-order valence-electron chi connectivity index (χ1n) is 6.27. The molecule has 0 saturated heterocycles. The van der Waals surface area contributed by atoms with Gasteiger partial charge in [-0.3, -0.25) is 0 Å². The molecular weight excluding hydrogens is 260 g/mol. The third-order valence-corrected chi connectivity index (χ3v) is 2.90. The van der Waals surface area contributed by atoms with Gasteiger partial charge in [-0.15, -0.1) is 0 Å². The van der Waals surface area contributed by atoms with Gasteiger partial charge in [0.15, 0.2) is 0 Å². The van der Waals surface area contributed by atoms with Crippen molar-refractivity contribution in [3.05, 3.63) is 52.8 Å². The molecule has 2 aromatic rings. The number of benzene rings is 1. The van der Waals surface area contributed by atoms with E-state index in [1.54, 1.807) is 0 Å². The predicted octanol–water partition coefficient (Wildman–Crippen LogP) is 2.48. The van der Waals surface area contributed by atoms with Crippen molar-refractivity contribution in [3.63, 3.8) is 0 Å². The number of hydrogen-bond donors (Lipinski definition) is 2. The van der Waals surface area contributed by atoms with Gasteiger partial charge < -0.3 is 11.1 Å². The fourth-order valence-electron chi connectivity index (χ4n) is 1.72. The number of hydrogen-bond acceptors (Lipinski definition) is 4. The first kappa shape index (κ1) is 13.8. The lowest BCUT2D eigenvalue weighted by Gasteiger charge is -2.05. The molecule has 0 saturated carbocycles. The Morgan fingerprint density at radius 1 is 1.16 bits per heavy atom. The fraction of sp³-hybridized carbons (Fsp3) is 0.286. The summed E-state index contributed by atoms with van der Waals surface area (Å²) < 4.78 is 0. The highest BCUT2D eigenvalue weighted by atomic mass is 35.5. The van der Waals surface area contributed by atoms with Crippen molar-refractivity contribution < 1.29 is 0 Å². The van der Waals surface area contributed by atoms with Gasteiger partial charge in [0.05, 0.1) is 0 Å². The van der Waals surface area contributed by atoms with Crippen molar-refractivity contribution in [2.24, 2.45) is 5.73 Å². The monoisotopic (exact) mass is 276 g/mol. The van der Waals surface area contributed by atoms with Crippen LogP contribution in [0.1, 0.15) is 17.5 Å². The quantitative estimate of drug-likeness (QED) is 0.796. The Morgan fingerprint density at radius 2 is 1.95 bits per heavy atom. The minimum absolute atomic E-state index is 0.642. The average Bonchev–Trinajstić information content (AvgIpc) is 2.41. The van der Waals surface area contributed by atoms with E-state index in [-0.39, 0.29) is 0 Å². The molecular formula is C14H17ClN4. The van der Waals surface area contributed by atoms with Crippen LogP contribution < -0.4 is 11.1 Å². The Labute approximate surface area is 118 Å². The molecule has 3 N–H and O–H groups in total. The van der Waals surface area contributed by atoms with Crippen LogP contribution in [0, 0.1) is 0 Å². The minimum atomic E-state index is 0.642. The summed E-state index contributed by atoms with van der Waals surface area (Å²) in [6, 6.07) is 7.81. The first-order valence-corrected chi connectivity index (χ1v) is 6.65. The second kappa shape index (κ2) is 7.07. The van der Waals surface area contributed by atoms with Crippen LogP contribution in [0.25, 0.3) is 0 Å². The largest absolute Gasteiger partial charge is 0.354 e. The third-order valence-electron chi connectivity index (χ3n) is 2.67. The van der Waals surface area contributed by atoms with E-state index in [4.69, 9.17) is 17.3 Å². The molecule has 0 aliphatic heterocycles. The van der Waals surface area contributed by atoms with Crippen molar-refractivity contribution in [2.75, 3.05) is 18.4 Å². The molecule has 19 heavy (non-hydrogen) atoms. The second-order valence-corrected chi connectivity index (χ2v) is 4.73. The molecule has 0 fully saturated rings. The molecule has 100 valence electrons. The van der Waals surface area contributed by atoms with Gasteiger partial charge in [0, 0.05) is 30.4 Å². The molecule has 0 aliphatic rings. The number of rotatable bonds is 6. The molecule has 5 heteroatoms. The topological polar surface area (TPSA) is 63.8 Å². The van der Waals surface area contributed by atoms with Crippen molar-refractivity contribution in [3.8, 4) is 0 Å². The van der Waals surface area contributed by atoms with Crippen molar-refractivity contribution in [1.29, 1.82) is 0 Å². The predicted molar refractivity (Wildman–Crippen MR) is 78.5 cm³/mol. The van der Waals surface area contributed by atoms with Crippen LogP contribution in [0.2, 0.25) is 5.02 Å². The number of halogens is 1. The highest BCUT2D eigenvalue weighted by molar-refractivity contribution is 6.30. The average molecular weight is 277 g/mol. The number of aromatic nitrogens is 2. The summed E-state index contributed by atoms with van der Waals surface area (Å²) in [5.74, 6) is 0.642. The number of nitrogens with zero attached hydrogens (tertiary/aromatic N) is 2. The normalized spacial score (nSPS) is 10.4. The molecule has 1 heterocycles. The van der Waals surface area contributed by atoms with E-state index < -0.39 is 0 Å². The van der Waals surface area contributed by atoms with Crippen molar-refractivity contribution >= 4 is 17.5 Å². The van der Waals surface area contributed by atoms with Crippen molar-refractivity contribution in [1.82, 2.24) is 9.97 Å². The van der Waals surface area contributed by atoms with Gasteiger partial charge in [-0.2, -0.15) is 0 Å². The van der Waals surface area contributed by atoms with Crippen LogP contribution in [0.5, 0.6) is 0 Å². The van der Waals surface area contributed by atoms with Gasteiger partial charge >= 0.3 is 0 Å². The Morgan fingerprint density at radius 3 is 2.63 bits per heavy atom. The third kappa shape index (κ3) is 4.50. The van der Waals surface area contributed by atoms with E-state index in [0.29, 0.717) is 12.5 Å². The summed E-state index contributed by atoms with van der Waals surface area (Å²) in [5, 5.41) is 3.87. The summed E-state index contributed by atoms with van der Waals surface area (Å²) >= 11 is 5.96. The van der Waals surface area contributed by atoms with Crippen LogP contribution in [0.4, 0.5) is 5.95 Å². The van der Waals surface area contributed by atoms with Gasteiger partial charge in [0.2, 0.25) is 5.95 Å². The number of nitrogens with one attached hydrogen (secondary N) is 1. The second-order valence-electron chi connectivity index (χ2n) is 4.29. The zero-order chi connectivity index (χ0) is 13.5. The molecule has 0 atom stereocenters. The summed E-state index contributed by atoms with van der Waals surface area (Å²) in [6.07, 6.45) is 5.36. The Hall–Kier alpha value is -1.65. The number of anilines is 1. The molecule has 1 aromatic heterocycles. The van der Waals surface area contributed by atoms with Gasteiger partial charge in [-0.1, -0.05) is 23.7 Å². The fourth-order valence-corrected chi connectivity index (χ4v) is 1.94. The molecule has 0 bridgehead atoms. The minimum Gasteiger partial charge on any atom is -0.354 e.